The molecule has 0 heterocycles. The Morgan fingerprint density at radius 3 is 1.94 bits per heavy atom. The van der Waals surface area contributed by atoms with Gasteiger partial charge >= 0.3 is 12.1 Å². The summed E-state index contributed by atoms with van der Waals surface area (Å²) in [6.45, 7) is 5.70. The van der Waals surface area contributed by atoms with Gasteiger partial charge in [0.1, 0.15) is 30.5 Å². The minimum absolute atomic E-state index is 0.0291. The van der Waals surface area contributed by atoms with E-state index in [1.807, 2.05) is 80.6 Å². The molecule has 0 radical (unpaired) electrons. The van der Waals surface area contributed by atoms with Gasteiger partial charge in [-0.05, 0) is 64.8 Å². The van der Waals surface area contributed by atoms with Gasteiger partial charge in [-0.15, -0.1) is 0 Å². The van der Waals surface area contributed by atoms with Crippen molar-refractivity contribution in [3.05, 3.63) is 125 Å². The molecule has 4 aromatic rings. The number of esters is 1. The Labute approximate surface area is 316 Å². The van der Waals surface area contributed by atoms with Crippen molar-refractivity contribution < 1.29 is 38.5 Å². The largest absolute Gasteiger partial charge is 0.508 e. The number of ether oxygens (including phenoxy) is 3. The molecule has 284 valence electrons. The van der Waals surface area contributed by atoms with Crippen molar-refractivity contribution in [2.24, 2.45) is 5.92 Å². The van der Waals surface area contributed by atoms with Gasteiger partial charge in [0.05, 0.1) is 19.8 Å². The van der Waals surface area contributed by atoms with Gasteiger partial charge in [0.25, 0.3) is 0 Å². The monoisotopic (exact) mass is 735 g/mol. The molecule has 0 saturated heterocycles. The Hall–Kier alpha value is -5.68. The van der Waals surface area contributed by atoms with Crippen molar-refractivity contribution in [1.29, 1.82) is 0 Å². The van der Waals surface area contributed by atoms with Crippen molar-refractivity contribution in [2.45, 2.75) is 64.3 Å². The first-order valence-electron chi connectivity index (χ1n) is 18.3. The van der Waals surface area contributed by atoms with Gasteiger partial charge in [0.2, 0.25) is 11.8 Å². The average Bonchev–Trinajstić information content (AvgIpc) is 3.49. The molecule has 11 nitrogen and oxygen atoms in total. The highest BCUT2D eigenvalue weighted by molar-refractivity contribution is 5.93. The second-order valence-corrected chi connectivity index (χ2v) is 13.8. The number of hydrogen-bond donors (Lipinski definition) is 3. The van der Waals surface area contributed by atoms with Crippen LogP contribution < -0.4 is 10.6 Å². The summed E-state index contributed by atoms with van der Waals surface area (Å²) in [5.41, 5.74) is 5.80. The first-order chi connectivity index (χ1) is 26.0. The second-order valence-electron chi connectivity index (χ2n) is 13.8. The fraction of sp³-hybridized carbons (Fsp3) is 0.349. The fourth-order valence-electron chi connectivity index (χ4n) is 6.59. The smallest absolute Gasteiger partial charge is 0.410 e. The van der Waals surface area contributed by atoms with Crippen LogP contribution in [0.4, 0.5) is 4.79 Å². The Kier molecular flexibility index (Phi) is 13.8. The molecule has 3 atom stereocenters. The van der Waals surface area contributed by atoms with E-state index in [9.17, 15) is 24.3 Å². The quantitative estimate of drug-likeness (QED) is 0.113. The first kappa shape index (κ1) is 39.5. The third-order valence-electron chi connectivity index (χ3n) is 9.39. The Morgan fingerprint density at radius 2 is 1.33 bits per heavy atom. The summed E-state index contributed by atoms with van der Waals surface area (Å²) in [5, 5.41) is 15.5. The van der Waals surface area contributed by atoms with Crippen LogP contribution in [0.15, 0.2) is 103 Å². The Morgan fingerprint density at radius 1 is 0.741 bits per heavy atom. The minimum atomic E-state index is -1.20. The fourth-order valence-corrected chi connectivity index (χ4v) is 6.59. The van der Waals surface area contributed by atoms with E-state index in [4.69, 9.17) is 14.2 Å². The minimum Gasteiger partial charge on any atom is -0.508 e. The zero-order valence-electron chi connectivity index (χ0n) is 31.2. The van der Waals surface area contributed by atoms with E-state index in [0.717, 1.165) is 27.8 Å². The number of hydrogen-bond acceptors (Lipinski definition) is 8. The third-order valence-corrected chi connectivity index (χ3v) is 9.39. The van der Waals surface area contributed by atoms with Crippen LogP contribution in [0, 0.1) is 5.92 Å². The number of carbonyl (C=O) groups is 4. The van der Waals surface area contributed by atoms with Crippen LogP contribution in [0.25, 0.3) is 11.1 Å². The molecule has 0 unspecified atom stereocenters. The molecule has 54 heavy (non-hydrogen) atoms. The molecule has 1 aliphatic rings. The summed E-state index contributed by atoms with van der Waals surface area (Å²) >= 11 is 0. The van der Waals surface area contributed by atoms with E-state index in [1.54, 1.807) is 19.1 Å². The summed E-state index contributed by atoms with van der Waals surface area (Å²) < 4.78 is 17.1. The van der Waals surface area contributed by atoms with E-state index < -0.39 is 42.0 Å². The van der Waals surface area contributed by atoms with Crippen LogP contribution in [0.3, 0.4) is 0 Å². The van der Waals surface area contributed by atoms with Crippen LogP contribution >= 0.6 is 0 Å². The molecule has 0 fully saturated rings. The number of benzene rings is 4. The van der Waals surface area contributed by atoms with Crippen molar-refractivity contribution in [3.63, 3.8) is 0 Å². The predicted molar refractivity (Wildman–Crippen MR) is 204 cm³/mol. The number of amides is 3. The molecule has 0 spiro atoms. The number of phenolic OH excluding ortho intramolecular Hbond substituents is 1. The molecule has 11 heteroatoms. The molecule has 5 rings (SSSR count). The van der Waals surface area contributed by atoms with Crippen molar-refractivity contribution in [2.75, 3.05) is 26.9 Å². The summed E-state index contributed by atoms with van der Waals surface area (Å²) in [4.78, 5) is 55.9. The lowest BCUT2D eigenvalue weighted by Gasteiger charge is -2.29. The number of likely N-dealkylation sites (N-methyl/N-ethyl adjacent to an activating group) is 1. The van der Waals surface area contributed by atoms with Crippen LogP contribution in [-0.2, 0) is 41.6 Å². The SMILES string of the molecule is CCOC(=O)[C@@H](CC(C)C)NC(=O)[C@H](Cc1ccc(O)cc1)NC(=O)[C@H](COCc1ccccc1)N(C)C(=O)OCC1c2ccccc2-c2ccccc21. The van der Waals surface area contributed by atoms with Gasteiger partial charge in [-0.2, -0.15) is 0 Å². The standard InChI is InChI=1S/C43H49N3O8/c1-5-53-42(50)38(23-28(2)3)45-40(48)37(24-29-19-21-31(47)22-20-29)44-41(49)39(27-52-25-30-13-7-6-8-14-30)46(4)43(51)54-26-36-34-17-11-9-15-32(34)33-16-10-12-18-35(33)36/h6-22,28,36-39,47H,5,23-27H2,1-4H3,(H,44,49)(H,45,48)/t37-,38+,39-/m0/s1. The number of phenols is 1. The first-order valence-corrected chi connectivity index (χ1v) is 18.3. The lowest BCUT2D eigenvalue weighted by Crippen LogP contribution is -2.58. The maximum Gasteiger partial charge on any atom is 0.410 e. The van der Waals surface area contributed by atoms with Gasteiger partial charge in [0.15, 0.2) is 0 Å². The number of nitrogens with zero attached hydrogens (tertiary/aromatic N) is 1. The van der Waals surface area contributed by atoms with Crippen LogP contribution in [-0.4, -0.2) is 78.9 Å². The van der Waals surface area contributed by atoms with E-state index in [-0.39, 0.29) is 50.4 Å². The Balaban J connectivity index is 1.36. The molecule has 3 amide bonds. The van der Waals surface area contributed by atoms with E-state index in [0.29, 0.717) is 12.0 Å². The van der Waals surface area contributed by atoms with E-state index in [2.05, 4.69) is 22.8 Å². The van der Waals surface area contributed by atoms with E-state index in [1.165, 1.54) is 24.1 Å². The van der Waals surface area contributed by atoms with Crippen LogP contribution in [0.1, 0.15) is 55.4 Å². The molecular formula is C43H49N3O8. The highest BCUT2D eigenvalue weighted by atomic mass is 16.6. The molecule has 0 aromatic heterocycles. The zero-order chi connectivity index (χ0) is 38.6. The van der Waals surface area contributed by atoms with Gasteiger partial charge in [-0.3, -0.25) is 14.5 Å². The van der Waals surface area contributed by atoms with Gasteiger partial charge in [-0.1, -0.05) is 105 Å². The van der Waals surface area contributed by atoms with Gasteiger partial charge in [0, 0.05) is 19.4 Å². The summed E-state index contributed by atoms with van der Waals surface area (Å²) in [5.74, 6) is -1.92. The number of fused-ring (bicyclic) bond motifs is 3. The Bertz CT molecular complexity index is 1840. The molecular weight excluding hydrogens is 686 g/mol. The van der Waals surface area contributed by atoms with Gasteiger partial charge in [-0.25, -0.2) is 9.59 Å². The summed E-state index contributed by atoms with van der Waals surface area (Å²) in [7, 11) is 1.46. The predicted octanol–water partition coefficient (Wildman–Crippen LogP) is 5.98. The lowest BCUT2D eigenvalue weighted by atomic mass is 9.98. The van der Waals surface area contributed by atoms with Crippen LogP contribution in [0.5, 0.6) is 5.75 Å². The van der Waals surface area contributed by atoms with Crippen molar-refractivity contribution in [3.8, 4) is 16.9 Å². The number of rotatable bonds is 17. The third kappa shape index (κ3) is 10.3. The highest BCUT2D eigenvalue weighted by Crippen LogP contribution is 2.44. The molecule has 4 aromatic carbocycles. The summed E-state index contributed by atoms with van der Waals surface area (Å²) in [6.07, 6.45) is -0.383. The lowest BCUT2D eigenvalue weighted by molar-refractivity contribution is -0.148. The van der Waals surface area contributed by atoms with E-state index >= 15 is 0 Å². The average molecular weight is 736 g/mol. The topological polar surface area (TPSA) is 143 Å². The number of carbonyl (C=O) groups excluding carboxylic acids is 4. The number of nitrogens with one attached hydrogen (secondary N) is 2. The summed E-state index contributed by atoms with van der Waals surface area (Å²) in [6, 6.07) is 28.4. The van der Waals surface area contributed by atoms with Gasteiger partial charge < -0.3 is 30.0 Å². The molecule has 1 aliphatic carbocycles. The maximum atomic E-state index is 14.2. The maximum absolute atomic E-state index is 14.2. The molecule has 0 saturated carbocycles. The molecule has 3 N–H and O–H groups in total. The molecule has 0 aliphatic heterocycles. The zero-order valence-corrected chi connectivity index (χ0v) is 31.2. The highest BCUT2D eigenvalue weighted by Gasteiger charge is 2.35. The molecule has 0 bridgehead atoms. The normalized spacial score (nSPS) is 13.6. The number of aromatic hydroxyl groups is 1. The van der Waals surface area contributed by atoms with Crippen molar-refractivity contribution >= 4 is 23.9 Å². The van der Waals surface area contributed by atoms with Crippen LogP contribution in [0.2, 0.25) is 0 Å². The van der Waals surface area contributed by atoms with Crippen molar-refractivity contribution in [1.82, 2.24) is 15.5 Å². The second kappa shape index (κ2) is 18.9.